The van der Waals surface area contributed by atoms with Crippen LogP contribution in [0.15, 0.2) is 34.9 Å². The van der Waals surface area contributed by atoms with E-state index in [1.54, 1.807) is 11.8 Å². The number of hydrogen-bond donors (Lipinski definition) is 2. The quantitative estimate of drug-likeness (QED) is 0.720. The Bertz CT molecular complexity index is 720. The minimum Gasteiger partial charge on any atom is -0.446 e. The summed E-state index contributed by atoms with van der Waals surface area (Å²) in [6.45, 7) is 0.117. The summed E-state index contributed by atoms with van der Waals surface area (Å²) in [5.41, 5.74) is 6.62. The summed E-state index contributed by atoms with van der Waals surface area (Å²) in [6, 6.07) is 4.81. The van der Waals surface area contributed by atoms with Crippen molar-refractivity contribution in [2.75, 3.05) is 12.0 Å². The zero-order valence-electron chi connectivity index (χ0n) is 13.9. The first-order chi connectivity index (χ1) is 12.3. The number of halogens is 3. The van der Waals surface area contributed by atoms with Crippen molar-refractivity contribution in [3.8, 4) is 5.75 Å². The molecule has 3 N–H and O–H groups in total. The zero-order valence-corrected chi connectivity index (χ0v) is 14.7. The van der Waals surface area contributed by atoms with Gasteiger partial charge < -0.3 is 20.2 Å². The number of benzene rings is 1. The van der Waals surface area contributed by atoms with Crippen molar-refractivity contribution < 1.29 is 27.1 Å². The Labute approximate surface area is 152 Å². The second-order valence-electron chi connectivity index (χ2n) is 5.33. The van der Waals surface area contributed by atoms with Crippen LogP contribution in [0.1, 0.15) is 34.4 Å². The predicted molar refractivity (Wildman–Crippen MR) is 90.7 cm³/mol. The van der Waals surface area contributed by atoms with E-state index in [-0.39, 0.29) is 29.9 Å². The normalized spacial score (nSPS) is 12.7. The molecule has 1 atom stereocenters. The average molecular weight is 389 g/mol. The van der Waals surface area contributed by atoms with Crippen LogP contribution in [-0.2, 0) is 6.54 Å². The molecule has 10 heteroatoms. The molecule has 0 radical (unpaired) electrons. The lowest BCUT2D eigenvalue weighted by Crippen LogP contribution is -2.23. The fraction of sp³-hybridized carbons (Fsp3) is 0.375. The number of carbonyl (C=O) groups is 1. The van der Waals surface area contributed by atoms with Crippen molar-refractivity contribution in [1.29, 1.82) is 0 Å². The predicted octanol–water partition coefficient (Wildman–Crippen LogP) is 3.26. The van der Waals surface area contributed by atoms with Gasteiger partial charge in [-0.25, -0.2) is 4.98 Å². The molecule has 1 unspecified atom stereocenters. The van der Waals surface area contributed by atoms with Gasteiger partial charge in [-0.15, -0.1) is 13.2 Å². The lowest BCUT2D eigenvalue weighted by atomic mass is 10.2. The van der Waals surface area contributed by atoms with E-state index < -0.39 is 12.3 Å². The molecule has 0 saturated carbocycles. The molecule has 2 rings (SSSR count). The van der Waals surface area contributed by atoms with Crippen molar-refractivity contribution in [2.24, 2.45) is 5.73 Å². The van der Waals surface area contributed by atoms with Crippen molar-refractivity contribution in [3.63, 3.8) is 0 Å². The maximum absolute atomic E-state index is 12.1. The standard InChI is InChI=1S/C16H18F3N3O3S/c1-26-7-6-12(20)15-22-13(9-24-15)14(23)21-8-10-2-4-11(5-3-10)25-16(17,18)19/h2-5,9,12H,6-8,20H2,1H3,(H,21,23). The SMILES string of the molecule is CSCCC(N)c1nc(C(=O)NCc2ccc(OC(F)(F)F)cc2)co1. The number of aromatic nitrogens is 1. The van der Waals surface area contributed by atoms with Crippen molar-refractivity contribution in [3.05, 3.63) is 47.7 Å². The molecule has 1 heterocycles. The van der Waals surface area contributed by atoms with E-state index in [1.807, 2.05) is 6.26 Å². The molecule has 1 aromatic heterocycles. The highest BCUT2D eigenvalue weighted by Gasteiger charge is 2.30. The number of nitrogens with one attached hydrogen (secondary N) is 1. The van der Waals surface area contributed by atoms with Crippen LogP contribution in [0.3, 0.4) is 0 Å². The molecule has 0 spiro atoms. The average Bonchev–Trinajstić information content (AvgIpc) is 3.07. The Balaban J connectivity index is 1.87. The summed E-state index contributed by atoms with van der Waals surface area (Å²) < 4.78 is 45.3. The second kappa shape index (κ2) is 8.95. The first-order valence-corrected chi connectivity index (χ1v) is 9.00. The maximum Gasteiger partial charge on any atom is 0.573 e. The molecule has 1 aromatic carbocycles. The zero-order chi connectivity index (χ0) is 19.2. The first-order valence-electron chi connectivity index (χ1n) is 7.61. The van der Waals surface area contributed by atoms with Crippen LogP contribution in [0, 0.1) is 0 Å². The molecule has 0 fully saturated rings. The summed E-state index contributed by atoms with van der Waals surface area (Å²) >= 11 is 1.65. The number of oxazole rings is 1. The van der Waals surface area contributed by atoms with Crippen LogP contribution in [0.4, 0.5) is 13.2 Å². The number of carbonyl (C=O) groups excluding carboxylic acids is 1. The fourth-order valence-corrected chi connectivity index (χ4v) is 2.50. The summed E-state index contributed by atoms with van der Waals surface area (Å²) in [5, 5.41) is 2.61. The number of amides is 1. The molecular formula is C16H18F3N3O3S. The molecule has 26 heavy (non-hydrogen) atoms. The minimum atomic E-state index is -4.74. The third-order valence-corrected chi connectivity index (χ3v) is 3.96. The van der Waals surface area contributed by atoms with Gasteiger partial charge in [-0.2, -0.15) is 11.8 Å². The molecule has 1 amide bonds. The molecule has 0 saturated heterocycles. The van der Waals surface area contributed by atoms with Crippen LogP contribution < -0.4 is 15.8 Å². The topological polar surface area (TPSA) is 90.4 Å². The summed E-state index contributed by atoms with van der Waals surface area (Å²) in [4.78, 5) is 16.1. The van der Waals surface area contributed by atoms with Gasteiger partial charge >= 0.3 is 6.36 Å². The lowest BCUT2D eigenvalue weighted by Gasteiger charge is -2.09. The molecule has 0 aliphatic rings. The molecule has 142 valence electrons. The molecule has 0 aliphatic heterocycles. The van der Waals surface area contributed by atoms with Crippen LogP contribution in [0.5, 0.6) is 5.75 Å². The van der Waals surface area contributed by atoms with Gasteiger partial charge in [0.25, 0.3) is 5.91 Å². The van der Waals surface area contributed by atoms with Crippen LogP contribution in [0.25, 0.3) is 0 Å². The third-order valence-electron chi connectivity index (χ3n) is 3.31. The molecular weight excluding hydrogens is 371 g/mol. The van der Waals surface area contributed by atoms with Gasteiger partial charge in [0, 0.05) is 6.54 Å². The Morgan fingerprint density at radius 1 is 1.38 bits per heavy atom. The van der Waals surface area contributed by atoms with Crippen LogP contribution >= 0.6 is 11.8 Å². The Morgan fingerprint density at radius 2 is 2.08 bits per heavy atom. The second-order valence-corrected chi connectivity index (χ2v) is 6.32. The smallest absolute Gasteiger partial charge is 0.446 e. The van der Waals surface area contributed by atoms with E-state index in [0.29, 0.717) is 12.0 Å². The molecule has 0 aliphatic carbocycles. The largest absolute Gasteiger partial charge is 0.573 e. The number of rotatable bonds is 8. The number of alkyl halides is 3. The molecule has 2 aromatic rings. The van der Waals surface area contributed by atoms with E-state index in [0.717, 1.165) is 5.75 Å². The van der Waals surface area contributed by atoms with E-state index in [1.165, 1.54) is 30.5 Å². The van der Waals surface area contributed by atoms with Gasteiger partial charge in [0.05, 0.1) is 6.04 Å². The lowest BCUT2D eigenvalue weighted by molar-refractivity contribution is -0.274. The van der Waals surface area contributed by atoms with Gasteiger partial charge in [0.2, 0.25) is 5.89 Å². The third kappa shape index (κ3) is 6.26. The van der Waals surface area contributed by atoms with Gasteiger partial charge in [0.15, 0.2) is 5.69 Å². The fourth-order valence-electron chi connectivity index (χ4n) is 2.01. The van der Waals surface area contributed by atoms with Gasteiger partial charge in [0.1, 0.15) is 12.0 Å². The summed E-state index contributed by atoms with van der Waals surface area (Å²) in [6.07, 6.45) is -0.876. The minimum absolute atomic E-state index is 0.0941. The highest BCUT2D eigenvalue weighted by Crippen LogP contribution is 2.22. The Hall–Kier alpha value is -2.20. The van der Waals surface area contributed by atoms with Gasteiger partial charge in [-0.1, -0.05) is 12.1 Å². The highest BCUT2D eigenvalue weighted by molar-refractivity contribution is 7.98. The first kappa shape index (κ1) is 20.1. The summed E-state index contributed by atoms with van der Waals surface area (Å²) in [5.74, 6) is 0.345. The van der Waals surface area contributed by atoms with E-state index in [4.69, 9.17) is 10.2 Å². The number of nitrogens with zero attached hydrogens (tertiary/aromatic N) is 1. The monoisotopic (exact) mass is 389 g/mol. The van der Waals surface area contributed by atoms with E-state index in [9.17, 15) is 18.0 Å². The number of nitrogens with two attached hydrogens (primary N) is 1. The van der Waals surface area contributed by atoms with Gasteiger partial charge in [-0.05, 0) is 36.1 Å². The number of ether oxygens (including phenoxy) is 1. The van der Waals surface area contributed by atoms with Crippen molar-refractivity contribution in [1.82, 2.24) is 10.3 Å². The van der Waals surface area contributed by atoms with Gasteiger partial charge in [-0.3, -0.25) is 4.79 Å². The van der Waals surface area contributed by atoms with Crippen molar-refractivity contribution in [2.45, 2.75) is 25.4 Å². The Morgan fingerprint density at radius 3 is 2.69 bits per heavy atom. The van der Waals surface area contributed by atoms with Crippen LogP contribution in [0.2, 0.25) is 0 Å². The number of hydrogen-bond acceptors (Lipinski definition) is 6. The highest BCUT2D eigenvalue weighted by atomic mass is 32.2. The van der Waals surface area contributed by atoms with E-state index in [2.05, 4.69) is 15.0 Å². The van der Waals surface area contributed by atoms with Crippen molar-refractivity contribution >= 4 is 17.7 Å². The number of thioether (sulfide) groups is 1. The van der Waals surface area contributed by atoms with Crippen LogP contribution in [-0.4, -0.2) is 29.3 Å². The Kier molecular flexibility index (Phi) is 6.92. The summed E-state index contributed by atoms with van der Waals surface area (Å²) in [7, 11) is 0. The maximum atomic E-state index is 12.1. The van der Waals surface area contributed by atoms with E-state index >= 15 is 0 Å². The molecule has 0 bridgehead atoms. The molecule has 6 nitrogen and oxygen atoms in total.